The SMILES string of the molecule is C#N.O=C(CN1CC2(CC2)c2cc(Br)ccc2C1=O)NC1CCC1. The first-order valence-corrected chi connectivity index (χ1v) is 9.01. The molecule has 5 nitrogen and oxygen atoms in total. The number of fused-ring (bicyclic) bond motifs is 2. The van der Waals surface area contributed by atoms with Crippen molar-refractivity contribution in [3.8, 4) is 6.57 Å². The number of amides is 2. The zero-order valence-electron chi connectivity index (χ0n) is 13.4. The predicted octanol–water partition coefficient (Wildman–Crippen LogP) is 2.74. The van der Waals surface area contributed by atoms with Gasteiger partial charge in [-0.2, -0.15) is 0 Å². The van der Waals surface area contributed by atoms with Crippen LogP contribution in [0.2, 0.25) is 0 Å². The summed E-state index contributed by atoms with van der Waals surface area (Å²) in [7, 11) is 0. The van der Waals surface area contributed by atoms with Crippen LogP contribution in [0.4, 0.5) is 0 Å². The van der Waals surface area contributed by atoms with Gasteiger partial charge in [0.25, 0.3) is 5.91 Å². The lowest BCUT2D eigenvalue weighted by Gasteiger charge is -2.35. The number of hydrogen-bond donors (Lipinski definition) is 1. The van der Waals surface area contributed by atoms with E-state index in [2.05, 4.69) is 33.9 Å². The summed E-state index contributed by atoms with van der Waals surface area (Å²) in [6.07, 6.45) is 5.54. The largest absolute Gasteiger partial charge is 0.352 e. The van der Waals surface area contributed by atoms with Crippen LogP contribution in [0.25, 0.3) is 0 Å². The first-order valence-electron chi connectivity index (χ1n) is 8.22. The fourth-order valence-electron chi connectivity index (χ4n) is 3.54. The molecule has 0 saturated heterocycles. The van der Waals surface area contributed by atoms with Gasteiger partial charge in [0.2, 0.25) is 5.91 Å². The van der Waals surface area contributed by atoms with Gasteiger partial charge >= 0.3 is 0 Å². The van der Waals surface area contributed by atoms with Crippen LogP contribution < -0.4 is 5.32 Å². The summed E-state index contributed by atoms with van der Waals surface area (Å²) < 4.78 is 1.02. The molecule has 0 aromatic heterocycles. The van der Waals surface area contributed by atoms with Crippen molar-refractivity contribution in [1.29, 1.82) is 5.26 Å². The molecule has 126 valence electrons. The molecule has 1 spiro atoms. The van der Waals surface area contributed by atoms with Crippen molar-refractivity contribution in [2.24, 2.45) is 0 Å². The Morgan fingerprint density at radius 3 is 2.67 bits per heavy atom. The molecule has 1 N–H and O–H groups in total. The number of rotatable bonds is 3. The molecule has 2 fully saturated rings. The molecular weight excluding hydrogens is 370 g/mol. The molecule has 24 heavy (non-hydrogen) atoms. The monoisotopic (exact) mass is 389 g/mol. The van der Waals surface area contributed by atoms with Gasteiger partial charge in [0.05, 0.1) is 6.54 Å². The smallest absolute Gasteiger partial charge is 0.254 e. The van der Waals surface area contributed by atoms with E-state index in [1.165, 1.54) is 6.42 Å². The third kappa shape index (κ3) is 3.05. The van der Waals surface area contributed by atoms with Crippen molar-refractivity contribution in [1.82, 2.24) is 10.2 Å². The molecule has 1 aromatic rings. The highest BCUT2D eigenvalue weighted by atomic mass is 79.9. The normalized spacial score (nSPS) is 20.5. The van der Waals surface area contributed by atoms with Gasteiger partial charge in [-0.3, -0.25) is 9.59 Å². The highest BCUT2D eigenvalue weighted by Crippen LogP contribution is 2.52. The van der Waals surface area contributed by atoms with Crippen molar-refractivity contribution >= 4 is 27.7 Å². The fraction of sp³-hybridized carbons (Fsp3) is 0.500. The maximum atomic E-state index is 12.7. The zero-order chi connectivity index (χ0) is 17.3. The van der Waals surface area contributed by atoms with E-state index in [1.807, 2.05) is 12.1 Å². The minimum Gasteiger partial charge on any atom is -0.352 e. The van der Waals surface area contributed by atoms with Crippen LogP contribution in [0.3, 0.4) is 0 Å². The molecule has 1 aliphatic heterocycles. The number of carbonyl (C=O) groups excluding carboxylic acids is 2. The van der Waals surface area contributed by atoms with Crippen LogP contribution in [0.5, 0.6) is 0 Å². The van der Waals surface area contributed by atoms with Gasteiger partial charge in [0.15, 0.2) is 0 Å². The van der Waals surface area contributed by atoms with Crippen LogP contribution in [0.15, 0.2) is 22.7 Å². The molecule has 1 aromatic carbocycles. The second kappa shape index (κ2) is 6.56. The highest BCUT2D eigenvalue weighted by molar-refractivity contribution is 9.10. The Bertz CT molecular complexity index is 693. The maximum Gasteiger partial charge on any atom is 0.254 e. The summed E-state index contributed by atoms with van der Waals surface area (Å²) in [5, 5.41) is 9.52. The quantitative estimate of drug-likeness (QED) is 0.863. The number of nitriles is 1. The Hall–Kier alpha value is -1.87. The van der Waals surface area contributed by atoms with E-state index in [9.17, 15) is 9.59 Å². The van der Waals surface area contributed by atoms with E-state index >= 15 is 0 Å². The molecule has 2 saturated carbocycles. The first-order chi connectivity index (χ1) is 11.6. The molecule has 0 radical (unpaired) electrons. The minimum atomic E-state index is -0.0191. The molecule has 1 heterocycles. The number of hydrogen-bond acceptors (Lipinski definition) is 3. The Balaban J connectivity index is 0.000000815. The number of halogens is 1. The third-order valence-electron chi connectivity index (χ3n) is 5.22. The fourth-order valence-corrected chi connectivity index (χ4v) is 3.90. The van der Waals surface area contributed by atoms with E-state index in [0.29, 0.717) is 12.6 Å². The molecule has 2 aliphatic carbocycles. The first kappa shape index (κ1) is 17.0. The second-order valence-corrected chi connectivity index (χ2v) is 7.74. The number of benzene rings is 1. The van der Waals surface area contributed by atoms with Crippen molar-refractivity contribution in [3.63, 3.8) is 0 Å². The van der Waals surface area contributed by atoms with Crippen LogP contribution in [-0.4, -0.2) is 35.8 Å². The zero-order valence-corrected chi connectivity index (χ0v) is 15.0. The summed E-state index contributed by atoms with van der Waals surface area (Å²) in [6.45, 7) is 4.36. The van der Waals surface area contributed by atoms with Crippen molar-refractivity contribution in [2.45, 2.75) is 43.6 Å². The minimum absolute atomic E-state index is 0.0104. The van der Waals surface area contributed by atoms with Gasteiger partial charge < -0.3 is 10.2 Å². The van der Waals surface area contributed by atoms with Crippen molar-refractivity contribution in [2.75, 3.05) is 13.1 Å². The van der Waals surface area contributed by atoms with Gasteiger partial charge in [-0.25, -0.2) is 5.26 Å². The molecule has 2 amide bonds. The molecular formula is C18H20BrN3O2. The van der Waals surface area contributed by atoms with Gasteiger partial charge in [-0.05, 0) is 55.9 Å². The lowest BCUT2D eigenvalue weighted by molar-refractivity contribution is -0.123. The number of carbonyl (C=O) groups is 2. The molecule has 0 unspecified atom stereocenters. The molecule has 0 atom stereocenters. The summed E-state index contributed by atoms with van der Waals surface area (Å²) >= 11 is 3.50. The van der Waals surface area contributed by atoms with Gasteiger partial charge in [0, 0.05) is 34.6 Å². The van der Waals surface area contributed by atoms with Gasteiger partial charge in [0.1, 0.15) is 0 Å². The van der Waals surface area contributed by atoms with E-state index in [1.54, 1.807) is 4.90 Å². The topological polar surface area (TPSA) is 73.2 Å². The standard InChI is InChI=1S/C17H19BrN2O2.CHN/c18-11-4-5-13-14(8-11)17(6-7-17)10-20(16(13)22)9-15(21)19-12-2-1-3-12;1-2/h4-5,8,12H,1-3,6-7,9-10H2,(H,19,21);1H. The lowest BCUT2D eigenvalue weighted by Crippen LogP contribution is -2.50. The maximum absolute atomic E-state index is 12.7. The summed E-state index contributed by atoms with van der Waals surface area (Å²) in [5.41, 5.74) is 2.01. The molecule has 4 rings (SSSR count). The van der Waals surface area contributed by atoms with Gasteiger partial charge in [-0.1, -0.05) is 15.9 Å². The van der Waals surface area contributed by atoms with Crippen molar-refractivity contribution < 1.29 is 9.59 Å². The van der Waals surface area contributed by atoms with E-state index in [0.717, 1.165) is 41.3 Å². The average Bonchev–Trinajstić information content (AvgIpc) is 3.31. The molecule has 6 heteroatoms. The Morgan fingerprint density at radius 2 is 2.08 bits per heavy atom. The second-order valence-electron chi connectivity index (χ2n) is 6.83. The van der Waals surface area contributed by atoms with E-state index in [-0.39, 0.29) is 23.8 Å². The predicted molar refractivity (Wildman–Crippen MR) is 93.4 cm³/mol. The summed E-state index contributed by atoms with van der Waals surface area (Å²) in [6, 6.07) is 6.19. The average molecular weight is 390 g/mol. The van der Waals surface area contributed by atoms with E-state index < -0.39 is 0 Å². The molecule has 3 aliphatic rings. The summed E-state index contributed by atoms with van der Waals surface area (Å²) in [4.78, 5) is 26.6. The molecule has 0 bridgehead atoms. The lowest BCUT2D eigenvalue weighted by atomic mass is 9.86. The number of nitrogens with one attached hydrogen (secondary N) is 1. The van der Waals surface area contributed by atoms with E-state index in [4.69, 9.17) is 5.26 Å². The van der Waals surface area contributed by atoms with Crippen LogP contribution >= 0.6 is 15.9 Å². The summed E-state index contributed by atoms with van der Waals surface area (Å²) in [5.74, 6) is -0.0294. The Labute approximate surface area is 150 Å². The third-order valence-corrected chi connectivity index (χ3v) is 5.72. The van der Waals surface area contributed by atoms with Crippen LogP contribution in [0, 0.1) is 11.8 Å². The number of nitrogens with zero attached hydrogens (tertiary/aromatic N) is 2. The highest BCUT2D eigenvalue weighted by Gasteiger charge is 2.51. The Kier molecular flexibility index (Phi) is 4.64. The van der Waals surface area contributed by atoms with Crippen LogP contribution in [-0.2, 0) is 10.2 Å². The Morgan fingerprint density at radius 1 is 1.38 bits per heavy atom. The van der Waals surface area contributed by atoms with Crippen molar-refractivity contribution in [3.05, 3.63) is 33.8 Å². The van der Waals surface area contributed by atoms with Gasteiger partial charge in [-0.15, -0.1) is 0 Å². The van der Waals surface area contributed by atoms with Crippen LogP contribution in [0.1, 0.15) is 48.0 Å².